The summed E-state index contributed by atoms with van der Waals surface area (Å²) in [6.07, 6.45) is 0.993. The highest BCUT2D eigenvalue weighted by Crippen LogP contribution is 2.33. The van der Waals surface area contributed by atoms with E-state index in [0.717, 1.165) is 23.0 Å². The smallest absolute Gasteiger partial charge is 0.121 e. The summed E-state index contributed by atoms with van der Waals surface area (Å²) in [4.78, 5) is 0. The van der Waals surface area contributed by atoms with Crippen LogP contribution in [0.25, 0.3) is 0 Å². The fourth-order valence-corrected chi connectivity index (χ4v) is 2.38. The van der Waals surface area contributed by atoms with E-state index in [1.165, 1.54) is 5.56 Å². The molecular formula is C10H12BrNO. The molecule has 1 aromatic carbocycles. The molecule has 1 aromatic rings. The van der Waals surface area contributed by atoms with Crippen molar-refractivity contribution in [2.75, 3.05) is 6.54 Å². The van der Waals surface area contributed by atoms with Crippen LogP contribution in [0.2, 0.25) is 0 Å². The molecule has 0 aromatic heterocycles. The average molecular weight is 242 g/mol. The fourth-order valence-electron chi connectivity index (χ4n) is 1.89. The number of halogens is 1. The zero-order valence-corrected chi connectivity index (χ0v) is 9.06. The van der Waals surface area contributed by atoms with Crippen molar-refractivity contribution in [2.45, 2.75) is 19.4 Å². The maximum Gasteiger partial charge on any atom is 0.121 e. The molecule has 0 amide bonds. The molecule has 1 aliphatic heterocycles. The molecule has 0 saturated carbocycles. The van der Waals surface area contributed by atoms with Gasteiger partial charge in [0.2, 0.25) is 0 Å². The van der Waals surface area contributed by atoms with Gasteiger partial charge in [0.25, 0.3) is 0 Å². The SMILES string of the molecule is CC1NCCc2cc(Br)cc(O)c21. The standard InChI is InChI=1S/C10H12BrNO/c1-6-10-7(2-3-12-6)4-8(11)5-9(10)13/h4-6,12-13H,2-3H2,1H3. The lowest BCUT2D eigenvalue weighted by Crippen LogP contribution is -2.27. The molecule has 70 valence electrons. The number of aromatic hydroxyl groups is 1. The maximum atomic E-state index is 9.74. The Labute approximate surface area is 86.1 Å². The van der Waals surface area contributed by atoms with E-state index in [4.69, 9.17) is 0 Å². The van der Waals surface area contributed by atoms with Crippen LogP contribution in [0.1, 0.15) is 24.1 Å². The highest BCUT2D eigenvalue weighted by molar-refractivity contribution is 9.10. The first kappa shape index (κ1) is 9.03. The van der Waals surface area contributed by atoms with Crippen molar-refractivity contribution in [1.82, 2.24) is 5.32 Å². The molecular weight excluding hydrogens is 230 g/mol. The van der Waals surface area contributed by atoms with E-state index in [-0.39, 0.29) is 6.04 Å². The van der Waals surface area contributed by atoms with E-state index in [0.29, 0.717) is 5.75 Å². The summed E-state index contributed by atoms with van der Waals surface area (Å²) in [7, 11) is 0. The summed E-state index contributed by atoms with van der Waals surface area (Å²) in [5.74, 6) is 0.393. The van der Waals surface area contributed by atoms with Gasteiger partial charge in [-0.05, 0) is 37.6 Å². The molecule has 0 bridgehead atoms. The van der Waals surface area contributed by atoms with Gasteiger partial charge < -0.3 is 10.4 Å². The summed E-state index contributed by atoms with van der Waals surface area (Å²) < 4.78 is 0.956. The van der Waals surface area contributed by atoms with Crippen LogP contribution in [0.15, 0.2) is 16.6 Å². The van der Waals surface area contributed by atoms with Crippen molar-refractivity contribution in [1.29, 1.82) is 0 Å². The lowest BCUT2D eigenvalue weighted by atomic mass is 9.94. The second-order valence-electron chi connectivity index (χ2n) is 3.42. The van der Waals surface area contributed by atoms with Crippen molar-refractivity contribution in [2.24, 2.45) is 0 Å². The lowest BCUT2D eigenvalue weighted by Gasteiger charge is -2.24. The van der Waals surface area contributed by atoms with Gasteiger partial charge in [0.1, 0.15) is 5.75 Å². The molecule has 0 fully saturated rings. The number of fused-ring (bicyclic) bond motifs is 1. The summed E-state index contributed by atoms with van der Waals surface area (Å²) in [6, 6.07) is 4.10. The number of rotatable bonds is 0. The molecule has 2 nitrogen and oxygen atoms in total. The molecule has 3 heteroatoms. The van der Waals surface area contributed by atoms with Gasteiger partial charge in [0.15, 0.2) is 0 Å². The molecule has 1 atom stereocenters. The minimum absolute atomic E-state index is 0.261. The summed E-state index contributed by atoms with van der Waals surface area (Å²) in [6.45, 7) is 3.07. The van der Waals surface area contributed by atoms with Gasteiger partial charge in [-0.3, -0.25) is 0 Å². The minimum atomic E-state index is 0.261. The zero-order chi connectivity index (χ0) is 9.42. The highest BCUT2D eigenvalue weighted by atomic mass is 79.9. The quantitative estimate of drug-likeness (QED) is 0.731. The third kappa shape index (κ3) is 1.58. The Balaban J connectivity index is 2.56. The Kier molecular flexibility index (Phi) is 2.30. The van der Waals surface area contributed by atoms with Crippen LogP contribution in [0.3, 0.4) is 0 Å². The number of benzene rings is 1. The van der Waals surface area contributed by atoms with Gasteiger partial charge in [-0.1, -0.05) is 15.9 Å². The van der Waals surface area contributed by atoms with E-state index in [1.807, 2.05) is 0 Å². The first-order valence-corrected chi connectivity index (χ1v) is 5.22. The van der Waals surface area contributed by atoms with E-state index in [1.54, 1.807) is 6.07 Å². The van der Waals surface area contributed by atoms with Gasteiger partial charge in [0.05, 0.1) is 0 Å². The van der Waals surface area contributed by atoms with E-state index in [2.05, 4.69) is 34.2 Å². The van der Waals surface area contributed by atoms with Crippen molar-refractivity contribution >= 4 is 15.9 Å². The number of hydrogen-bond acceptors (Lipinski definition) is 2. The minimum Gasteiger partial charge on any atom is -0.508 e. The normalized spacial score (nSPS) is 21.2. The van der Waals surface area contributed by atoms with Gasteiger partial charge in [-0.15, -0.1) is 0 Å². The first-order valence-electron chi connectivity index (χ1n) is 4.43. The molecule has 2 N–H and O–H groups in total. The molecule has 13 heavy (non-hydrogen) atoms. The van der Waals surface area contributed by atoms with Crippen LogP contribution >= 0.6 is 15.9 Å². The van der Waals surface area contributed by atoms with Gasteiger partial charge in [-0.25, -0.2) is 0 Å². The second-order valence-corrected chi connectivity index (χ2v) is 4.34. The van der Waals surface area contributed by atoms with Gasteiger partial charge >= 0.3 is 0 Å². The van der Waals surface area contributed by atoms with Crippen LogP contribution in [0.4, 0.5) is 0 Å². The Morgan fingerprint density at radius 3 is 3.08 bits per heavy atom. The molecule has 1 aliphatic rings. The second kappa shape index (κ2) is 3.31. The molecule has 0 radical (unpaired) electrons. The molecule has 1 unspecified atom stereocenters. The average Bonchev–Trinajstić information content (AvgIpc) is 2.02. The first-order chi connectivity index (χ1) is 6.18. The summed E-state index contributed by atoms with van der Waals surface area (Å²) >= 11 is 3.38. The molecule has 0 saturated heterocycles. The number of phenols is 1. The van der Waals surface area contributed by atoms with Crippen molar-refractivity contribution < 1.29 is 5.11 Å². The van der Waals surface area contributed by atoms with Crippen LogP contribution in [-0.2, 0) is 6.42 Å². The molecule has 1 heterocycles. The molecule has 0 spiro atoms. The Morgan fingerprint density at radius 2 is 2.31 bits per heavy atom. The van der Waals surface area contributed by atoms with Gasteiger partial charge in [-0.2, -0.15) is 0 Å². The van der Waals surface area contributed by atoms with Crippen molar-refractivity contribution in [3.63, 3.8) is 0 Å². The monoisotopic (exact) mass is 241 g/mol. The Morgan fingerprint density at radius 1 is 1.54 bits per heavy atom. The molecule has 0 aliphatic carbocycles. The summed E-state index contributed by atoms with van der Waals surface area (Å²) in [5.41, 5.74) is 2.30. The fraction of sp³-hybridized carbons (Fsp3) is 0.400. The van der Waals surface area contributed by atoms with Crippen LogP contribution in [0, 0.1) is 0 Å². The number of nitrogens with one attached hydrogen (secondary N) is 1. The van der Waals surface area contributed by atoms with Crippen molar-refractivity contribution in [3.05, 3.63) is 27.7 Å². The Hall–Kier alpha value is -0.540. The van der Waals surface area contributed by atoms with Crippen molar-refractivity contribution in [3.8, 4) is 5.75 Å². The van der Waals surface area contributed by atoms with Crippen LogP contribution < -0.4 is 5.32 Å². The van der Waals surface area contributed by atoms with E-state index in [9.17, 15) is 5.11 Å². The number of phenolic OH excluding ortho intramolecular Hbond substituents is 1. The Bertz CT molecular complexity index is 338. The van der Waals surface area contributed by atoms with Gasteiger partial charge in [0, 0.05) is 16.1 Å². The van der Waals surface area contributed by atoms with Crippen LogP contribution in [0.5, 0.6) is 5.75 Å². The maximum absolute atomic E-state index is 9.74. The molecule has 2 rings (SSSR count). The van der Waals surface area contributed by atoms with Crippen LogP contribution in [-0.4, -0.2) is 11.7 Å². The predicted molar refractivity (Wildman–Crippen MR) is 55.9 cm³/mol. The zero-order valence-electron chi connectivity index (χ0n) is 7.47. The summed E-state index contributed by atoms with van der Waals surface area (Å²) in [5, 5.41) is 13.1. The largest absolute Gasteiger partial charge is 0.508 e. The third-order valence-electron chi connectivity index (χ3n) is 2.49. The lowest BCUT2D eigenvalue weighted by molar-refractivity contribution is 0.442. The predicted octanol–water partition coefficient (Wildman–Crippen LogP) is 2.36. The van der Waals surface area contributed by atoms with E-state index < -0.39 is 0 Å². The topological polar surface area (TPSA) is 32.3 Å². The third-order valence-corrected chi connectivity index (χ3v) is 2.94. The highest BCUT2D eigenvalue weighted by Gasteiger charge is 2.19. The number of hydrogen-bond donors (Lipinski definition) is 2. The van der Waals surface area contributed by atoms with E-state index >= 15 is 0 Å².